The summed E-state index contributed by atoms with van der Waals surface area (Å²) in [6.45, 7) is 2.71. The van der Waals surface area contributed by atoms with Crippen LogP contribution in [0, 0.1) is 0 Å². The number of piperazine rings is 1. The molecule has 17 heavy (non-hydrogen) atoms. The van der Waals surface area contributed by atoms with Gasteiger partial charge in [0.15, 0.2) is 5.78 Å². The van der Waals surface area contributed by atoms with E-state index in [1.54, 1.807) is 12.1 Å². The number of Topliss-reactive ketones (excluding diaryl/α,β-unsaturated/α-hetero) is 1. The van der Waals surface area contributed by atoms with E-state index in [4.69, 9.17) is 11.6 Å². The summed E-state index contributed by atoms with van der Waals surface area (Å²) in [5, 5.41) is 0.614. The molecule has 1 fully saturated rings. The second kappa shape index (κ2) is 5.17. The van der Waals surface area contributed by atoms with Crippen LogP contribution in [-0.4, -0.2) is 55.4 Å². The molecule has 1 aromatic rings. The lowest BCUT2D eigenvalue weighted by atomic mass is 10.0. The van der Waals surface area contributed by atoms with E-state index in [2.05, 4.69) is 9.80 Å². The normalized spacial score (nSPS) is 22.6. The van der Waals surface area contributed by atoms with Crippen molar-refractivity contribution in [2.24, 2.45) is 0 Å². The van der Waals surface area contributed by atoms with Gasteiger partial charge in [-0.2, -0.15) is 0 Å². The maximum atomic E-state index is 12.4. The van der Waals surface area contributed by atoms with Gasteiger partial charge >= 0.3 is 0 Å². The van der Waals surface area contributed by atoms with Crippen LogP contribution in [0.4, 0.5) is 0 Å². The molecule has 1 aliphatic heterocycles. The van der Waals surface area contributed by atoms with Crippen molar-refractivity contribution in [1.82, 2.24) is 9.80 Å². The smallest absolute Gasteiger partial charge is 0.181 e. The summed E-state index contributed by atoms with van der Waals surface area (Å²) >= 11 is 5.92. The molecule has 1 atom stereocenters. The van der Waals surface area contributed by atoms with E-state index in [9.17, 15) is 4.79 Å². The quantitative estimate of drug-likeness (QED) is 0.750. The molecular weight excluding hydrogens is 236 g/mol. The van der Waals surface area contributed by atoms with Crippen molar-refractivity contribution >= 4 is 17.4 Å². The zero-order chi connectivity index (χ0) is 12.4. The number of benzene rings is 1. The topological polar surface area (TPSA) is 23.6 Å². The van der Waals surface area contributed by atoms with Crippen LogP contribution in [0.15, 0.2) is 24.3 Å². The average molecular weight is 253 g/mol. The lowest BCUT2D eigenvalue weighted by Gasteiger charge is -2.36. The molecule has 0 aromatic heterocycles. The van der Waals surface area contributed by atoms with Gasteiger partial charge in [-0.1, -0.05) is 23.7 Å². The second-order valence-electron chi connectivity index (χ2n) is 4.63. The van der Waals surface area contributed by atoms with E-state index in [1.165, 1.54) is 0 Å². The maximum Gasteiger partial charge on any atom is 0.181 e. The summed E-state index contributed by atoms with van der Waals surface area (Å²) in [5.41, 5.74) is 0.699. The Morgan fingerprint density at radius 3 is 2.82 bits per heavy atom. The van der Waals surface area contributed by atoms with Gasteiger partial charge in [-0.05, 0) is 26.2 Å². The Labute approximate surface area is 107 Å². The SMILES string of the molecule is CN1CCN(C)C(C(=O)c2cccc(Cl)c2)C1. The summed E-state index contributed by atoms with van der Waals surface area (Å²) in [6, 6.07) is 7.12. The Morgan fingerprint density at radius 1 is 1.35 bits per heavy atom. The number of carbonyl (C=O) groups excluding carboxylic acids is 1. The standard InChI is InChI=1S/C13H17ClN2O/c1-15-6-7-16(2)12(9-15)13(17)10-4-3-5-11(14)8-10/h3-5,8,12H,6-7,9H2,1-2H3. The summed E-state index contributed by atoms with van der Waals surface area (Å²) in [5.74, 6) is 0.154. The van der Waals surface area contributed by atoms with Crippen molar-refractivity contribution < 1.29 is 4.79 Å². The number of carbonyl (C=O) groups is 1. The molecule has 92 valence electrons. The number of halogens is 1. The fourth-order valence-electron chi connectivity index (χ4n) is 2.13. The lowest BCUT2D eigenvalue weighted by molar-refractivity contribution is 0.0686. The van der Waals surface area contributed by atoms with Gasteiger partial charge in [0, 0.05) is 30.2 Å². The van der Waals surface area contributed by atoms with Crippen molar-refractivity contribution in [1.29, 1.82) is 0 Å². The molecule has 0 N–H and O–H groups in total. The Balaban J connectivity index is 2.18. The van der Waals surface area contributed by atoms with E-state index >= 15 is 0 Å². The van der Waals surface area contributed by atoms with Gasteiger partial charge in [-0.3, -0.25) is 9.69 Å². The van der Waals surface area contributed by atoms with Gasteiger partial charge in [0.25, 0.3) is 0 Å². The third-order valence-electron chi connectivity index (χ3n) is 3.26. The Morgan fingerprint density at radius 2 is 2.12 bits per heavy atom. The van der Waals surface area contributed by atoms with E-state index in [-0.39, 0.29) is 11.8 Å². The molecule has 0 spiro atoms. The van der Waals surface area contributed by atoms with Crippen LogP contribution in [0.25, 0.3) is 0 Å². The predicted molar refractivity (Wildman–Crippen MR) is 69.7 cm³/mol. The molecule has 2 rings (SSSR count). The van der Waals surface area contributed by atoms with Crippen molar-refractivity contribution in [3.63, 3.8) is 0 Å². The highest BCUT2D eigenvalue weighted by Gasteiger charge is 2.29. The molecule has 0 bridgehead atoms. The van der Waals surface area contributed by atoms with E-state index in [0.717, 1.165) is 19.6 Å². The number of ketones is 1. The van der Waals surface area contributed by atoms with Crippen LogP contribution in [0.3, 0.4) is 0 Å². The Kier molecular flexibility index (Phi) is 3.82. The van der Waals surface area contributed by atoms with Gasteiger partial charge in [0.05, 0.1) is 6.04 Å². The van der Waals surface area contributed by atoms with Crippen LogP contribution in [0.1, 0.15) is 10.4 Å². The van der Waals surface area contributed by atoms with Crippen LogP contribution >= 0.6 is 11.6 Å². The zero-order valence-corrected chi connectivity index (χ0v) is 10.9. The first-order chi connectivity index (χ1) is 8.08. The van der Waals surface area contributed by atoms with Crippen molar-refractivity contribution in [3.05, 3.63) is 34.9 Å². The molecule has 4 heteroatoms. The molecule has 1 aromatic carbocycles. The van der Waals surface area contributed by atoms with E-state index in [0.29, 0.717) is 10.6 Å². The number of rotatable bonds is 2. The highest BCUT2D eigenvalue weighted by Crippen LogP contribution is 2.16. The fourth-order valence-corrected chi connectivity index (χ4v) is 2.32. The lowest BCUT2D eigenvalue weighted by Crippen LogP contribution is -2.53. The van der Waals surface area contributed by atoms with Crippen LogP contribution in [-0.2, 0) is 0 Å². The molecule has 1 saturated heterocycles. The third-order valence-corrected chi connectivity index (χ3v) is 3.50. The number of likely N-dealkylation sites (N-methyl/N-ethyl adjacent to an activating group) is 2. The molecular formula is C13H17ClN2O. The van der Waals surface area contributed by atoms with Crippen molar-refractivity contribution in [2.45, 2.75) is 6.04 Å². The molecule has 1 heterocycles. The minimum absolute atomic E-state index is 0.0628. The Bertz CT molecular complexity index is 422. The van der Waals surface area contributed by atoms with E-state index < -0.39 is 0 Å². The second-order valence-corrected chi connectivity index (χ2v) is 5.07. The highest BCUT2D eigenvalue weighted by molar-refractivity contribution is 6.31. The molecule has 0 saturated carbocycles. The first kappa shape index (κ1) is 12.6. The average Bonchev–Trinajstić information content (AvgIpc) is 2.31. The molecule has 0 aliphatic carbocycles. The molecule has 1 aliphatic rings. The van der Waals surface area contributed by atoms with Crippen LogP contribution in [0.5, 0.6) is 0 Å². The van der Waals surface area contributed by atoms with Crippen LogP contribution < -0.4 is 0 Å². The van der Waals surface area contributed by atoms with Gasteiger partial charge in [0.2, 0.25) is 0 Å². The van der Waals surface area contributed by atoms with Gasteiger partial charge in [-0.15, -0.1) is 0 Å². The summed E-state index contributed by atoms with van der Waals surface area (Å²) < 4.78 is 0. The summed E-state index contributed by atoms with van der Waals surface area (Å²) in [4.78, 5) is 16.7. The van der Waals surface area contributed by atoms with Gasteiger partial charge in [-0.25, -0.2) is 0 Å². The predicted octanol–water partition coefficient (Wildman–Crippen LogP) is 1.77. The number of hydrogen-bond donors (Lipinski definition) is 0. The minimum atomic E-state index is -0.0628. The molecule has 0 amide bonds. The third kappa shape index (κ3) is 2.86. The monoisotopic (exact) mass is 252 g/mol. The van der Waals surface area contributed by atoms with Crippen molar-refractivity contribution in [2.75, 3.05) is 33.7 Å². The largest absolute Gasteiger partial charge is 0.303 e. The first-order valence-corrected chi connectivity index (χ1v) is 6.14. The number of hydrogen-bond acceptors (Lipinski definition) is 3. The highest BCUT2D eigenvalue weighted by atomic mass is 35.5. The number of nitrogens with zero attached hydrogens (tertiary/aromatic N) is 2. The Hall–Kier alpha value is -0.900. The van der Waals surface area contributed by atoms with Crippen LogP contribution in [0.2, 0.25) is 5.02 Å². The molecule has 1 unspecified atom stereocenters. The molecule has 0 radical (unpaired) electrons. The molecule has 3 nitrogen and oxygen atoms in total. The fraction of sp³-hybridized carbons (Fsp3) is 0.462. The minimum Gasteiger partial charge on any atom is -0.303 e. The van der Waals surface area contributed by atoms with E-state index in [1.807, 2.05) is 26.2 Å². The van der Waals surface area contributed by atoms with Gasteiger partial charge in [0.1, 0.15) is 0 Å². The van der Waals surface area contributed by atoms with Gasteiger partial charge < -0.3 is 4.90 Å². The zero-order valence-electron chi connectivity index (χ0n) is 10.2. The summed E-state index contributed by atoms with van der Waals surface area (Å²) in [6.07, 6.45) is 0. The van der Waals surface area contributed by atoms with Crippen molar-refractivity contribution in [3.8, 4) is 0 Å². The maximum absolute atomic E-state index is 12.4. The first-order valence-electron chi connectivity index (χ1n) is 5.76. The summed E-state index contributed by atoms with van der Waals surface area (Å²) in [7, 11) is 4.05.